The molecule has 0 amide bonds. The van der Waals surface area contributed by atoms with Crippen molar-refractivity contribution in [2.45, 2.75) is 26.9 Å². The van der Waals surface area contributed by atoms with Crippen LogP contribution in [0.5, 0.6) is 6.01 Å². The van der Waals surface area contributed by atoms with Crippen LogP contribution in [0.25, 0.3) is 10.9 Å². The van der Waals surface area contributed by atoms with Crippen molar-refractivity contribution in [3.8, 4) is 6.01 Å². The summed E-state index contributed by atoms with van der Waals surface area (Å²) in [5.41, 5.74) is 3.15. The fraction of sp³-hybridized carbons (Fsp3) is 0.353. The first-order valence-electron chi connectivity index (χ1n) is 7.62. The molecule has 0 aliphatic rings. The second-order valence-corrected chi connectivity index (χ2v) is 5.83. The predicted molar refractivity (Wildman–Crippen MR) is 91.3 cm³/mol. The topological polar surface area (TPSA) is 56.1 Å². The summed E-state index contributed by atoms with van der Waals surface area (Å²) >= 11 is 0. The van der Waals surface area contributed by atoms with Gasteiger partial charge in [0.05, 0.1) is 11.6 Å². The summed E-state index contributed by atoms with van der Waals surface area (Å²) in [6.07, 6.45) is 1.75. The van der Waals surface area contributed by atoms with Crippen LogP contribution < -0.4 is 9.64 Å². The van der Waals surface area contributed by atoms with Crippen molar-refractivity contribution in [2.75, 3.05) is 11.9 Å². The Morgan fingerprint density at radius 1 is 1.22 bits per heavy atom. The molecule has 0 aliphatic heterocycles. The van der Waals surface area contributed by atoms with Crippen molar-refractivity contribution in [3.05, 3.63) is 36.2 Å². The quantitative estimate of drug-likeness (QED) is 0.740. The number of rotatable bonds is 4. The van der Waals surface area contributed by atoms with Gasteiger partial charge in [-0.2, -0.15) is 10.1 Å². The van der Waals surface area contributed by atoms with Crippen LogP contribution >= 0.6 is 0 Å². The lowest BCUT2D eigenvalue weighted by molar-refractivity contribution is 0.222. The molecule has 0 aliphatic carbocycles. The van der Waals surface area contributed by atoms with Gasteiger partial charge in [-0.3, -0.25) is 4.68 Å². The van der Waals surface area contributed by atoms with E-state index < -0.39 is 0 Å². The summed E-state index contributed by atoms with van der Waals surface area (Å²) in [6.45, 7) is 5.98. The molecule has 0 saturated carbocycles. The Morgan fingerprint density at radius 2 is 2.00 bits per heavy atom. The van der Waals surface area contributed by atoms with E-state index in [0.29, 0.717) is 6.01 Å². The molecular weight excluding hydrogens is 290 g/mol. The zero-order chi connectivity index (χ0) is 16.6. The number of aromatic nitrogens is 4. The fourth-order valence-electron chi connectivity index (χ4n) is 2.45. The monoisotopic (exact) mass is 311 g/mol. The predicted octanol–water partition coefficient (Wildman–Crippen LogP) is 3.23. The van der Waals surface area contributed by atoms with Crippen molar-refractivity contribution < 1.29 is 4.74 Å². The van der Waals surface area contributed by atoms with Crippen LogP contribution in [0.15, 0.2) is 30.5 Å². The number of anilines is 2. The molecule has 6 nitrogen and oxygen atoms in total. The maximum absolute atomic E-state index is 5.57. The highest BCUT2D eigenvalue weighted by Crippen LogP contribution is 2.27. The van der Waals surface area contributed by atoms with Crippen molar-refractivity contribution in [2.24, 2.45) is 7.05 Å². The second-order valence-electron chi connectivity index (χ2n) is 5.83. The van der Waals surface area contributed by atoms with E-state index in [1.54, 1.807) is 6.20 Å². The van der Waals surface area contributed by atoms with Crippen LogP contribution in [-0.2, 0) is 7.05 Å². The smallest absolute Gasteiger partial charge is 0.318 e. The first-order valence-corrected chi connectivity index (χ1v) is 7.62. The van der Waals surface area contributed by atoms with Gasteiger partial charge >= 0.3 is 6.01 Å². The van der Waals surface area contributed by atoms with Gasteiger partial charge in [0, 0.05) is 37.1 Å². The molecule has 0 saturated heterocycles. The molecule has 2 heterocycles. The Bertz CT molecular complexity index is 840. The summed E-state index contributed by atoms with van der Waals surface area (Å²) in [5.74, 6) is 0.780. The number of nitrogens with zero attached hydrogens (tertiary/aromatic N) is 5. The van der Waals surface area contributed by atoms with E-state index in [1.807, 2.05) is 43.6 Å². The minimum Gasteiger partial charge on any atom is -0.461 e. The third-order valence-corrected chi connectivity index (χ3v) is 3.81. The molecule has 0 spiro atoms. The van der Waals surface area contributed by atoms with Crippen LogP contribution in [0.4, 0.5) is 11.5 Å². The van der Waals surface area contributed by atoms with Gasteiger partial charge in [-0.1, -0.05) is 0 Å². The third kappa shape index (κ3) is 2.97. The molecule has 0 radical (unpaired) electrons. The minimum atomic E-state index is 0.0448. The first kappa shape index (κ1) is 15.3. The molecule has 2 aromatic heterocycles. The van der Waals surface area contributed by atoms with Crippen LogP contribution in [0.3, 0.4) is 0 Å². The van der Waals surface area contributed by atoms with Gasteiger partial charge in [0.1, 0.15) is 5.82 Å². The third-order valence-electron chi connectivity index (χ3n) is 3.81. The Balaban J connectivity index is 1.95. The van der Waals surface area contributed by atoms with E-state index in [1.165, 1.54) is 0 Å². The van der Waals surface area contributed by atoms with Crippen molar-refractivity contribution in [1.82, 2.24) is 19.7 Å². The number of hydrogen-bond acceptors (Lipinski definition) is 5. The van der Waals surface area contributed by atoms with Gasteiger partial charge in [-0.15, -0.1) is 0 Å². The highest BCUT2D eigenvalue weighted by Gasteiger charge is 2.11. The van der Waals surface area contributed by atoms with Crippen LogP contribution in [0.1, 0.15) is 19.5 Å². The molecule has 3 rings (SSSR count). The lowest BCUT2D eigenvalue weighted by Crippen LogP contribution is -2.14. The average molecular weight is 311 g/mol. The molecule has 6 heteroatoms. The number of aryl methyl sites for hydroxylation is 2. The summed E-state index contributed by atoms with van der Waals surface area (Å²) in [5, 5.41) is 5.70. The van der Waals surface area contributed by atoms with E-state index in [2.05, 4.69) is 40.2 Å². The normalized spacial score (nSPS) is 11.2. The van der Waals surface area contributed by atoms with Gasteiger partial charge in [0.15, 0.2) is 0 Å². The minimum absolute atomic E-state index is 0.0448. The van der Waals surface area contributed by atoms with Crippen LogP contribution in [-0.4, -0.2) is 32.9 Å². The maximum Gasteiger partial charge on any atom is 0.318 e. The molecule has 23 heavy (non-hydrogen) atoms. The van der Waals surface area contributed by atoms with E-state index in [-0.39, 0.29) is 6.10 Å². The fourth-order valence-corrected chi connectivity index (χ4v) is 2.45. The van der Waals surface area contributed by atoms with Crippen LogP contribution in [0, 0.1) is 6.92 Å². The second kappa shape index (κ2) is 5.87. The molecule has 1 aromatic carbocycles. The molecule has 0 atom stereocenters. The Morgan fingerprint density at radius 3 is 2.74 bits per heavy atom. The zero-order valence-corrected chi connectivity index (χ0v) is 14.1. The Kier molecular flexibility index (Phi) is 3.90. The Hall–Kier alpha value is -2.63. The molecule has 3 aromatic rings. The molecule has 0 unspecified atom stereocenters. The summed E-state index contributed by atoms with van der Waals surface area (Å²) < 4.78 is 7.46. The zero-order valence-electron chi connectivity index (χ0n) is 14.1. The van der Waals surface area contributed by atoms with E-state index in [4.69, 9.17) is 4.74 Å². The summed E-state index contributed by atoms with van der Waals surface area (Å²) in [7, 11) is 3.93. The van der Waals surface area contributed by atoms with E-state index in [0.717, 1.165) is 28.1 Å². The molecule has 0 fully saturated rings. The largest absolute Gasteiger partial charge is 0.461 e. The van der Waals surface area contributed by atoms with Gasteiger partial charge in [0.25, 0.3) is 0 Å². The maximum atomic E-state index is 5.57. The van der Waals surface area contributed by atoms with Gasteiger partial charge in [0.2, 0.25) is 0 Å². The summed E-state index contributed by atoms with van der Waals surface area (Å²) in [4.78, 5) is 10.6. The van der Waals surface area contributed by atoms with Crippen LogP contribution in [0.2, 0.25) is 0 Å². The molecule has 120 valence electrons. The highest BCUT2D eigenvalue weighted by atomic mass is 16.5. The van der Waals surface area contributed by atoms with E-state index in [9.17, 15) is 0 Å². The Labute approximate surface area is 135 Å². The van der Waals surface area contributed by atoms with Crippen molar-refractivity contribution in [1.29, 1.82) is 0 Å². The SMILES string of the molecule is Cc1c2ccc(N(C)c3ccnc(OC(C)C)n3)cc2nn1C. The molecule has 0 N–H and O–H groups in total. The number of fused-ring (bicyclic) bond motifs is 1. The lowest BCUT2D eigenvalue weighted by Gasteiger charge is -2.19. The number of hydrogen-bond donors (Lipinski definition) is 0. The van der Waals surface area contributed by atoms with Gasteiger partial charge < -0.3 is 9.64 Å². The van der Waals surface area contributed by atoms with Crippen molar-refractivity contribution in [3.63, 3.8) is 0 Å². The standard InChI is InChI=1S/C17H21N5O/c1-11(2)23-17-18-9-8-16(19-17)21(4)13-6-7-14-12(3)22(5)20-15(14)10-13/h6-11H,1-5H3. The summed E-state index contributed by atoms with van der Waals surface area (Å²) in [6, 6.07) is 8.48. The van der Waals surface area contributed by atoms with E-state index >= 15 is 0 Å². The van der Waals surface area contributed by atoms with Gasteiger partial charge in [-0.05, 0) is 45.0 Å². The molecule has 0 bridgehead atoms. The average Bonchev–Trinajstić information content (AvgIpc) is 2.80. The van der Waals surface area contributed by atoms with Gasteiger partial charge in [-0.25, -0.2) is 4.98 Å². The number of ether oxygens (including phenoxy) is 1. The van der Waals surface area contributed by atoms with Crippen molar-refractivity contribution >= 4 is 22.4 Å². The highest BCUT2D eigenvalue weighted by molar-refractivity contribution is 5.85. The lowest BCUT2D eigenvalue weighted by atomic mass is 10.2. The first-order chi connectivity index (χ1) is 11.0. The number of benzene rings is 1. The molecular formula is C17H21N5O.